The first-order chi connectivity index (χ1) is 17.2. The summed E-state index contributed by atoms with van der Waals surface area (Å²) < 4.78 is 12.7. The molecule has 9 heteroatoms. The molecule has 1 aliphatic rings. The van der Waals surface area contributed by atoms with Gasteiger partial charge in [0, 0.05) is 30.9 Å². The molecule has 0 unspecified atom stereocenters. The molecule has 2 amide bonds. The monoisotopic (exact) mass is 493 g/mol. The van der Waals surface area contributed by atoms with Crippen molar-refractivity contribution >= 4 is 28.5 Å². The molecule has 1 aromatic carbocycles. The van der Waals surface area contributed by atoms with Crippen LogP contribution in [0.25, 0.3) is 11.0 Å². The summed E-state index contributed by atoms with van der Waals surface area (Å²) in [4.78, 5) is 33.8. The van der Waals surface area contributed by atoms with Crippen molar-refractivity contribution in [1.29, 1.82) is 0 Å². The largest absolute Gasteiger partial charge is 0.493 e. The van der Waals surface area contributed by atoms with Crippen molar-refractivity contribution < 1.29 is 19.1 Å². The fraction of sp³-hybridized carbons (Fsp3) is 0.481. The summed E-state index contributed by atoms with van der Waals surface area (Å²) in [6.07, 6.45) is 4.72. The van der Waals surface area contributed by atoms with Crippen LogP contribution in [-0.2, 0) is 0 Å². The van der Waals surface area contributed by atoms with E-state index >= 15 is 0 Å². The Hall–Kier alpha value is -3.62. The number of anilines is 1. The Balaban J connectivity index is 1.79. The van der Waals surface area contributed by atoms with E-state index in [2.05, 4.69) is 10.4 Å². The number of nitrogens with zero attached hydrogens (tertiary/aromatic N) is 4. The van der Waals surface area contributed by atoms with Gasteiger partial charge in [-0.25, -0.2) is 9.67 Å². The van der Waals surface area contributed by atoms with Gasteiger partial charge in [-0.3, -0.25) is 9.59 Å². The van der Waals surface area contributed by atoms with E-state index in [1.54, 1.807) is 18.3 Å². The lowest BCUT2D eigenvalue weighted by Gasteiger charge is -2.28. The number of pyridine rings is 1. The molecule has 3 aromatic rings. The van der Waals surface area contributed by atoms with E-state index in [4.69, 9.17) is 14.5 Å². The van der Waals surface area contributed by atoms with Crippen LogP contribution in [0.3, 0.4) is 0 Å². The molecule has 9 nitrogen and oxygen atoms in total. The Morgan fingerprint density at radius 3 is 2.22 bits per heavy atom. The zero-order chi connectivity index (χ0) is 26.0. The minimum absolute atomic E-state index is 0.0907. The second-order valence-electron chi connectivity index (χ2n) is 9.73. The molecular formula is C27H35N5O4. The van der Waals surface area contributed by atoms with Crippen molar-refractivity contribution in [2.45, 2.75) is 58.9 Å². The third-order valence-electron chi connectivity index (χ3n) is 6.56. The maximum Gasteiger partial charge on any atom is 0.256 e. The van der Waals surface area contributed by atoms with Crippen LogP contribution in [0.2, 0.25) is 0 Å². The number of carbonyl (C=O) groups is 2. The highest BCUT2D eigenvalue weighted by atomic mass is 16.5. The van der Waals surface area contributed by atoms with E-state index in [9.17, 15) is 9.59 Å². The van der Waals surface area contributed by atoms with Crippen molar-refractivity contribution in [3.63, 3.8) is 0 Å². The predicted molar refractivity (Wildman–Crippen MR) is 139 cm³/mol. The molecule has 0 atom stereocenters. The lowest BCUT2D eigenvalue weighted by Crippen LogP contribution is -2.36. The van der Waals surface area contributed by atoms with E-state index in [-0.39, 0.29) is 23.8 Å². The molecule has 0 saturated carbocycles. The lowest BCUT2D eigenvalue weighted by molar-refractivity contribution is 0.0725. The van der Waals surface area contributed by atoms with Crippen LogP contribution in [0.1, 0.15) is 85.3 Å². The van der Waals surface area contributed by atoms with Crippen molar-refractivity contribution in [3.05, 3.63) is 41.2 Å². The summed E-state index contributed by atoms with van der Waals surface area (Å²) in [5.41, 5.74) is 2.67. The zero-order valence-corrected chi connectivity index (χ0v) is 21.9. The van der Waals surface area contributed by atoms with Crippen molar-refractivity contribution in [2.24, 2.45) is 0 Å². The highest BCUT2D eigenvalue weighted by Gasteiger charge is 2.26. The average Bonchev–Trinajstić information content (AvgIpc) is 3.32. The zero-order valence-electron chi connectivity index (χ0n) is 21.9. The van der Waals surface area contributed by atoms with E-state index < -0.39 is 0 Å². The van der Waals surface area contributed by atoms with Gasteiger partial charge in [-0.05, 0) is 51.2 Å². The quantitative estimate of drug-likeness (QED) is 0.496. The van der Waals surface area contributed by atoms with Gasteiger partial charge in [0.1, 0.15) is 0 Å². The van der Waals surface area contributed by atoms with Crippen LogP contribution >= 0.6 is 0 Å². The van der Waals surface area contributed by atoms with Crippen LogP contribution in [-0.4, -0.2) is 58.8 Å². The summed E-state index contributed by atoms with van der Waals surface area (Å²) in [5.74, 6) is 0.503. The SMILES string of the molecule is COc1cc(NC(=O)c2cc(C(C)C)nc3c2cnn3C(C)C)c(C(=O)N2CCCCC2)cc1OC. The second-order valence-corrected chi connectivity index (χ2v) is 9.73. The molecule has 1 N–H and O–H groups in total. The second kappa shape index (κ2) is 10.6. The van der Waals surface area contributed by atoms with Gasteiger partial charge in [0.15, 0.2) is 17.1 Å². The van der Waals surface area contributed by atoms with Crippen molar-refractivity contribution in [2.75, 3.05) is 32.6 Å². The van der Waals surface area contributed by atoms with E-state index in [0.29, 0.717) is 52.4 Å². The van der Waals surface area contributed by atoms with Gasteiger partial charge in [-0.15, -0.1) is 0 Å². The van der Waals surface area contributed by atoms with Crippen molar-refractivity contribution in [1.82, 2.24) is 19.7 Å². The minimum Gasteiger partial charge on any atom is -0.493 e. The third kappa shape index (κ3) is 4.87. The number of carbonyl (C=O) groups excluding carboxylic acids is 2. The Morgan fingerprint density at radius 1 is 0.944 bits per heavy atom. The van der Waals surface area contributed by atoms with Crippen LogP contribution in [0.4, 0.5) is 5.69 Å². The Kier molecular flexibility index (Phi) is 7.47. The maximum atomic E-state index is 13.7. The average molecular weight is 494 g/mol. The summed E-state index contributed by atoms with van der Waals surface area (Å²) >= 11 is 0. The molecule has 0 aliphatic carbocycles. The Labute approximate surface area is 211 Å². The first-order valence-electron chi connectivity index (χ1n) is 12.5. The van der Waals surface area contributed by atoms with Gasteiger partial charge in [0.2, 0.25) is 0 Å². The fourth-order valence-electron chi connectivity index (χ4n) is 4.52. The number of rotatable bonds is 7. The van der Waals surface area contributed by atoms with Gasteiger partial charge in [0.05, 0.1) is 42.6 Å². The number of nitrogens with one attached hydrogen (secondary N) is 1. The summed E-state index contributed by atoms with van der Waals surface area (Å²) in [5, 5.41) is 8.12. The molecule has 2 aromatic heterocycles. The summed E-state index contributed by atoms with van der Waals surface area (Å²) in [6.45, 7) is 9.51. The Bertz CT molecular complexity index is 1270. The number of benzene rings is 1. The third-order valence-corrected chi connectivity index (χ3v) is 6.56. The number of likely N-dealkylation sites (tertiary alicyclic amines) is 1. The van der Waals surface area contributed by atoms with Crippen LogP contribution in [0.5, 0.6) is 11.5 Å². The molecule has 3 heterocycles. The molecule has 0 bridgehead atoms. The molecular weight excluding hydrogens is 458 g/mol. The number of methoxy groups -OCH3 is 2. The van der Waals surface area contributed by atoms with E-state index in [0.717, 1.165) is 25.0 Å². The van der Waals surface area contributed by atoms with Crippen LogP contribution in [0, 0.1) is 0 Å². The number of ether oxygens (including phenoxy) is 2. The number of piperidine rings is 1. The molecule has 0 spiro atoms. The molecule has 1 aliphatic heterocycles. The molecule has 192 valence electrons. The highest BCUT2D eigenvalue weighted by molar-refractivity contribution is 6.14. The summed E-state index contributed by atoms with van der Waals surface area (Å²) in [7, 11) is 3.05. The number of fused-ring (bicyclic) bond motifs is 1. The fourth-order valence-corrected chi connectivity index (χ4v) is 4.52. The van der Waals surface area contributed by atoms with Crippen LogP contribution in [0.15, 0.2) is 24.4 Å². The molecule has 1 saturated heterocycles. The lowest BCUT2D eigenvalue weighted by atomic mass is 10.0. The van der Waals surface area contributed by atoms with Gasteiger partial charge < -0.3 is 19.7 Å². The topological polar surface area (TPSA) is 98.6 Å². The standard InChI is InChI=1S/C27H35N5O4/c1-16(2)21-12-18(20-15-28-32(17(3)4)25(20)29-21)26(33)30-22-14-24(36-6)23(35-5)13-19(22)27(34)31-10-8-7-9-11-31/h12-17H,7-11H2,1-6H3,(H,30,33). The predicted octanol–water partition coefficient (Wildman–Crippen LogP) is 5.03. The molecule has 0 radical (unpaired) electrons. The first kappa shape index (κ1) is 25.5. The van der Waals surface area contributed by atoms with Crippen LogP contribution < -0.4 is 14.8 Å². The minimum atomic E-state index is -0.340. The van der Waals surface area contributed by atoms with E-state index in [1.165, 1.54) is 14.2 Å². The number of amides is 2. The van der Waals surface area contributed by atoms with E-state index in [1.807, 2.05) is 43.3 Å². The smallest absolute Gasteiger partial charge is 0.256 e. The number of aromatic nitrogens is 3. The number of hydrogen-bond acceptors (Lipinski definition) is 6. The van der Waals surface area contributed by atoms with Gasteiger partial charge >= 0.3 is 0 Å². The maximum absolute atomic E-state index is 13.7. The molecule has 36 heavy (non-hydrogen) atoms. The van der Waals surface area contributed by atoms with Crippen molar-refractivity contribution in [3.8, 4) is 11.5 Å². The Morgan fingerprint density at radius 2 is 1.61 bits per heavy atom. The van der Waals surface area contributed by atoms with Gasteiger partial charge in [0.25, 0.3) is 11.8 Å². The highest BCUT2D eigenvalue weighted by Crippen LogP contribution is 2.35. The summed E-state index contributed by atoms with van der Waals surface area (Å²) in [6, 6.07) is 5.19. The molecule has 1 fully saturated rings. The molecule has 4 rings (SSSR count). The number of hydrogen-bond donors (Lipinski definition) is 1. The van der Waals surface area contributed by atoms with Gasteiger partial charge in [-0.1, -0.05) is 13.8 Å². The van der Waals surface area contributed by atoms with Gasteiger partial charge in [-0.2, -0.15) is 5.10 Å². The first-order valence-corrected chi connectivity index (χ1v) is 12.5. The normalized spacial score (nSPS) is 13.9.